The predicted molar refractivity (Wildman–Crippen MR) is 100 cm³/mol. The average molecular weight is 373 g/mol. The molecular formula is C20H27N3O4+2. The second kappa shape index (κ2) is 9.34. The SMILES string of the molecule is COC(=O)c1ccc(OC[C@H](O)C[NH+]2CCN(c3cccc[nH+]3)CC2)cc1. The smallest absolute Gasteiger partial charge is 0.337 e. The van der Waals surface area contributed by atoms with Crippen molar-refractivity contribution in [2.45, 2.75) is 6.10 Å². The number of hydrogen-bond donors (Lipinski definition) is 2. The fraction of sp³-hybridized carbons (Fsp3) is 0.400. The number of rotatable bonds is 7. The van der Waals surface area contributed by atoms with Crippen molar-refractivity contribution in [3.05, 3.63) is 54.2 Å². The molecule has 0 unspecified atom stereocenters. The molecule has 144 valence electrons. The summed E-state index contributed by atoms with van der Waals surface area (Å²) in [6.07, 6.45) is 1.41. The number of carbonyl (C=O) groups excluding carboxylic acids is 1. The standard InChI is InChI=1S/C20H25N3O4/c1-26-20(25)16-5-7-18(8-6-16)27-15-17(24)14-22-10-12-23(13-11-22)19-4-2-3-9-21-19/h2-9,17,24H,10-15H2,1H3/p+2/t17-/m1/s1. The minimum Gasteiger partial charge on any atom is -0.491 e. The van der Waals surface area contributed by atoms with E-state index < -0.39 is 6.10 Å². The molecule has 2 heterocycles. The summed E-state index contributed by atoms with van der Waals surface area (Å²) < 4.78 is 10.3. The molecule has 7 nitrogen and oxygen atoms in total. The molecule has 1 aromatic heterocycles. The van der Waals surface area contributed by atoms with Crippen molar-refractivity contribution in [2.24, 2.45) is 0 Å². The van der Waals surface area contributed by atoms with Gasteiger partial charge in [0.25, 0.3) is 5.82 Å². The summed E-state index contributed by atoms with van der Waals surface area (Å²) in [5, 5.41) is 10.3. The minimum absolute atomic E-state index is 0.233. The molecule has 0 bridgehead atoms. The average Bonchev–Trinajstić information content (AvgIpc) is 2.73. The van der Waals surface area contributed by atoms with Crippen LogP contribution in [0.4, 0.5) is 5.82 Å². The van der Waals surface area contributed by atoms with Gasteiger partial charge in [0, 0.05) is 6.07 Å². The summed E-state index contributed by atoms with van der Waals surface area (Å²) in [5.41, 5.74) is 0.475. The van der Waals surface area contributed by atoms with Crippen LogP contribution in [-0.2, 0) is 4.74 Å². The Balaban J connectivity index is 1.40. The van der Waals surface area contributed by atoms with Crippen LogP contribution in [0.2, 0.25) is 0 Å². The Morgan fingerprint density at radius 3 is 2.59 bits per heavy atom. The summed E-state index contributed by atoms with van der Waals surface area (Å²) in [4.78, 5) is 18.4. The molecule has 1 fully saturated rings. The van der Waals surface area contributed by atoms with Gasteiger partial charge in [-0.1, -0.05) is 6.07 Å². The van der Waals surface area contributed by atoms with Gasteiger partial charge in [0.2, 0.25) is 0 Å². The van der Waals surface area contributed by atoms with E-state index in [9.17, 15) is 9.90 Å². The summed E-state index contributed by atoms with van der Waals surface area (Å²) in [5.74, 6) is 1.38. The number of aliphatic hydroxyl groups is 1. The third-order valence-electron chi connectivity index (χ3n) is 4.75. The van der Waals surface area contributed by atoms with Crippen molar-refractivity contribution in [3.8, 4) is 5.75 Å². The number of anilines is 1. The topological polar surface area (TPSA) is 77.6 Å². The lowest BCUT2D eigenvalue weighted by atomic mass is 10.2. The van der Waals surface area contributed by atoms with E-state index in [2.05, 4.69) is 20.7 Å². The van der Waals surface area contributed by atoms with Gasteiger partial charge in [-0.3, -0.25) is 4.90 Å². The minimum atomic E-state index is -0.532. The number of pyridine rings is 1. The molecule has 0 saturated carbocycles. The number of aromatic nitrogens is 1. The first kappa shape index (κ1) is 19.1. The molecule has 1 aliphatic heterocycles. The van der Waals surface area contributed by atoms with E-state index in [0.717, 1.165) is 32.0 Å². The van der Waals surface area contributed by atoms with Gasteiger partial charge in [0.15, 0.2) is 0 Å². The summed E-state index contributed by atoms with van der Waals surface area (Å²) in [6, 6.07) is 12.8. The number of esters is 1. The van der Waals surface area contributed by atoms with E-state index in [4.69, 9.17) is 4.74 Å². The lowest BCUT2D eigenvalue weighted by Gasteiger charge is -2.29. The molecule has 1 aromatic carbocycles. The highest BCUT2D eigenvalue weighted by Crippen LogP contribution is 2.13. The number of carbonyl (C=O) groups is 1. The Labute approximate surface area is 159 Å². The summed E-state index contributed by atoms with van der Waals surface area (Å²) in [6.45, 7) is 4.77. The molecule has 27 heavy (non-hydrogen) atoms. The normalized spacial score (nSPS) is 16.0. The number of nitrogens with zero attached hydrogens (tertiary/aromatic N) is 1. The maximum absolute atomic E-state index is 11.4. The fourth-order valence-electron chi connectivity index (χ4n) is 3.24. The van der Waals surface area contributed by atoms with Crippen molar-refractivity contribution in [1.29, 1.82) is 0 Å². The van der Waals surface area contributed by atoms with Crippen molar-refractivity contribution in [3.63, 3.8) is 0 Å². The monoisotopic (exact) mass is 373 g/mol. The van der Waals surface area contributed by atoms with Gasteiger partial charge in [0.05, 0.1) is 18.9 Å². The van der Waals surface area contributed by atoms with E-state index in [1.807, 2.05) is 18.3 Å². The molecule has 0 amide bonds. The number of hydrogen-bond acceptors (Lipinski definition) is 5. The second-order valence-electron chi connectivity index (χ2n) is 6.67. The van der Waals surface area contributed by atoms with E-state index in [-0.39, 0.29) is 12.6 Å². The number of aromatic amines is 1. The molecule has 2 aromatic rings. The molecule has 3 N–H and O–H groups in total. The molecule has 3 rings (SSSR count). The molecule has 0 aliphatic carbocycles. The molecule has 1 saturated heterocycles. The van der Waals surface area contributed by atoms with E-state index in [1.54, 1.807) is 24.3 Å². The van der Waals surface area contributed by atoms with Crippen LogP contribution in [0.15, 0.2) is 48.7 Å². The quantitative estimate of drug-likeness (QED) is 0.636. The Kier molecular flexibility index (Phi) is 6.62. The van der Waals surface area contributed by atoms with Crippen LogP contribution < -0.4 is 19.5 Å². The highest BCUT2D eigenvalue weighted by Gasteiger charge is 2.27. The van der Waals surface area contributed by atoms with Crippen molar-refractivity contribution in [2.75, 3.05) is 51.3 Å². The number of H-pyrrole nitrogens is 1. The van der Waals surface area contributed by atoms with Crippen LogP contribution >= 0.6 is 0 Å². The highest BCUT2D eigenvalue weighted by molar-refractivity contribution is 5.89. The number of benzene rings is 1. The zero-order chi connectivity index (χ0) is 19.1. The Morgan fingerprint density at radius 2 is 1.96 bits per heavy atom. The van der Waals surface area contributed by atoms with Crippen LogP contribution in [0.1, 0.15) is 10.4 Å². The first-order chi connectivity index (χ1) is 13.2. The van der Waals surface area contributed by atoms with Crippen LogP contribution in [0.25, 0.3) is 0 Å². The predicted octanol–water partition coefficient (Wildman–Crippen LogP) is -0.568. The van der Waals surface area contributed by atoms with Gasteiger partial charge in [-0.25, -0.2) is 9.78 Å². The van der Waals surface area contributed by atoms with E-state index in [1.165, 1.54) is 12.0 Å². The molecule has 1 aliphatic rings. The number of quaternary nitrogens is 1. The Bertz CT molecular complexity index is 716. The van der Waals surface area contributed by atoms with Crippen LogP contribution in [0.3, 0.4) is 0 Å². The molecule has 1 atom stereocenters. The van der Waals surface area contributed by atoms with Gasteiger partial charge >= 0.3 is 5.97 Å². The first-order valence-corrected chi connectivity index (χ1v) is 9.20. The van der Waals surface area contributed by atoms with E-state index >= 15 is 0 Å². The number of ether oxygens (including phenoxy) is 2. The fourth-order valence-corrected chi connectivity index (χ4v) is 3.24. The Hall–Kier alpha value is -2.64. The van der Waals surface area contributed by atoms with E-state index in [0.29, 0.717) is 17.9 Å². The number of nitrogens with one attached hydrogen (secondary N) is 2. The van der Waals surface area contributed by atoms with Gasteiger partial charge in [-0.15, -0.1) is 0 Å². The molecule has 0 radical (unpaired) electrons. The third-order valence-corrected chi connectivity index (χ3v) is 4.75. The Morgan fingerprint density at radius 1 is 1.22 bits per heavy atom. The molecule has 7 heteroatoms. The third kappa shape index (κ3) is 5.42. The van der Waals surface area contributed by atoms with Gasteiger partial charge in [0.1, 0.15) is 51.2 Å². The molecule has 0 spiro atoms. The van der Waals surface area contributed by atoms with Crippen molar-refractivity contribution >= 4 is 11.8 Å². The maximum atomic E-state index is 11.4. The summed E-state index contributed by atoms with van der Waals surface area (Å²) >= 11 is 0. The van der Waals surface area contributed by atoms with Crippen molar-refractivity contribution < 1.29 is 29.3 Å². The highest BCUT2D eigenvalue weighted by atomic mass is 16.5. The van der Waals surface area contributed by atoms with Gasteiger partial charge in [-0.2, -0.15) is 0 Å². The number of piperazine rings is 1. The van der Waals surface area contributed by atoms with Crippen molar-refractivity contribution in [1.82, 2.24) is 0 Å². The van der Waals surface area contributed by atoms with Crippen LogP contribution in [-0.4, -0.2) is 63.6 Å². The lowest BCUT2D eigenvalue weighted by Crippen LogP contribution is -3.16. The second-order valence-corrected chi connectivity index (χ2v) is 6.67. The van der Waals surface area contributed by atoms with Crippen LogP contribution in [0.5, 0.6) is 5.75 Å². The lowest BCUT2D eigenvalue weighted by molar-refractivity contribution is -0.903. The largest absolute Gasteiger partial charge is 0.491 e. The zero-order valence-corrected chi connectivity index (χ0v) is 15.6. The van der Waals surface area contributed by atoms with Gasteiger partial charge < -0.3 is 19.5 Å². The maximum Gasteiger partial charge on any atom is 0.337 e. The molecular weight excluding hydrogens is 346 g/mol. The van der Waals surface area contributed by atoms with Crippen LogP contribution in [0, 0.1) is 0 Å². The number of methoxy groups -OCH3 is 1. The van der Waals surface area contributed by atoms with Gasteiger partial charge in [-0.05, 0) is 30.3 Å². The number of aliphatic hydroxyl groups excluding tert-OH is 1. The summed E-state index contributed by atoms with van der Waals surface area (Å²) in [7, 11) is 1.35. The zero-order valence-electron chi connectivity index (χ0n) is 15.6. The first-order valence-electron chi connectivity index (χ1n) is 9.20.